The van der Waals surface area contributed by atoms with Crippen molar-refractivity contribution in [1.82, 2.24) is 10.3 Å². The number of carbonyl (C=O) groups is 1. The number of pyridine rings is 1. The number of nitrogens with zero attached hydrogens (tertiary/aromatic N) is 1. The van der Waals surface area contributed by atoms with Crippen molar-refractivity contribution in [1.29, 1.82) is 0 Å². The van der Waals surface area contributed by atoms with Gasteiger partial charge in [0, 0.05) is 18.8 Å². The van der Waals surface area contributed by atoms with Crippen molar-refractivity contribution in [2.24, 2.45) is 0 Å². The molecule has 1 aromatic heterocycles. The molecule has 4 nitrogen and oxygen atoms in total. The van der Waals surface area contributed by atoms with Gasteiger partial charge in [-0.2, -0.15) is 0 Å². The maximum atomic E-state index is 10.7. The quantitative estimate of drug-likeness (QED) is 0.773. The molecule has 0 radical (unpaired) electrons. The normalized spacial score (nSPS) is 12.4. The minimum Gasteiger partial charge on any atom is -0.478 e. The molecule has 0 saturated carbocycles. The number of carboxylic acids is 1. The summed E-state index contributed by atoms with van der Waals surface area (Å²) in [5.41, 5.74) is 1.05. The van der Waals surface area contributed by atoms with Crippen LogP contribution in [0.2, 0.25) is 0 Å². The molecule has 1 heterocycles. The van der Waals surface area contributed by atoms with Crippen LogP contribution in [0, 0.1) is 0 Å². The lowest BCUT2D eigenvalue weighted by Crippen LogP contribution is -2.25. The number of nitrogens with one attached hydrogen (secondary N) is 1. The lowest BCUT2D eigenvalue weighted by molar-refractivity contribution is 0.0696. The summed E-state index contributed by atoms with van der Waals surface area (Å²) in [7, 11) is 0. The van der Waals surface area contributed by atoms with E-state index in [9.17, 15) is 4.79 Å². The van der Waals surface area contributed by atoms with Crippen LogP contribution in [0.4, 0.5) is 0 Å². The second-order valence-corrected chi connectivity index (χ2v) is 3.91. The first-order valence-corrected chi connectivity index (χ1v) is 5.55. The van der Waals surface area contributed by atoms with E-state index >= 15 is 0 Å². The fraction of sp³-hybridized carbons (Fsp3) is 0.500. The smallest absolute Gasteiger partial charge is 0.335 e. The van der Waals surface area contributed by atoms with Crippen LogP contribution in [0.25, 0.3) is 0 Å². The summed E-state index contributed by atoms with van der Waals surface area (Å²) in [5, 5.41) is 12.1. The Bertz CT molecular complexity index is 353. The van der Waals surface area contributed by atoms with Gasteiger partial charge in [0.15, 0.2) is 0 Å². The molecule has 0 aliphatic carbocycles. The van der Waals surface area contributed by atoms with E-state index in [4.69, 9.17) is 5.11 Å². The Morgan fingerprint density at radius 1 is 1.62 bits per heavy atom. The van der Waals surface area contributed by atoms with E-state index in [1.54, 1.807) is 6.07 Å². The molecule has 1 unspecified atom stereocenters. The monoisotopic (exact) mass is 222 g/mol. The molecule has 88 valence electrons. The first-order valence-electron chi connectivity index (χ1n) is 5.55. The Morgan fingerprint density at radius 3 is 3.00 bits per heavy atom. The Balaban J connectivity index is 2.54. The highest BCUT2D eigenvalue weighted by atomic mass is 16.4. The van der Waals surface area contributed by atoms with Gasteiger partial charge in [-0.25, -0.2) is 4.79 Å². The van der Waals surface area contributed by atoms with Gasteiger partial charge in [0.05, 0.1) is 11.3 Å². The van der Waals surface area contributed by atoms with E-state index in [1.807, 2.05) is 0 Å². The third kappa shape index (κ3) is 3.98. The second kappa shape index (κ2) is 6.23. The van der Waals surface area contributed by atoms with E-state index in [0.29, 0.717) is 12.6 Å². The van der Waals surface area contributed by atoms with Crippen molar-refractivity contribution < 1.29 is 9.90 Å². The largest absolute Gasteiger partial charge is 0.478 e. The van der Waals surface area contributed by atoms with Gasteiger partial charge in [0.1, 0.15) is 0 Å². The summed E-state index contributed by atoms with van der Waals surface area (Å²) in [6.07, 6.45) is 3.78. The zero-order chi connectivity index (χ0) is 12.0. The van der Waals surface area contributed by atoms with Crippen LogP contribution in [0.1, 0.15) is 42.7 Å². The van der Waals surface area contributed by atoms with Crippen molar-refractivity contribution in [2.45, 2.75) is 39.3 Å². The molecule has 1 rings (SSSR count). The van der Waals surface area contributed by atoms with Crippen LogP contribution < -0.4 is 5.32 Å². The highest BCUT2D eigenvalue weighted by Crippen LogP contribution is 2.03. The van der Waals surface area contributed by atoms with Crippen LogP contribution >= 0.6 is 0 Å². The molecule has 0 amide bonds. The fourth-order valence-electron chi connectivity index (χ4n) is 1.52. The molecule has 0 saturated heterocycles. The molecule has 1 aromatic rings. The minimum atomic E-state index is -0.912. The van der Waals surface area contributed by atoms with Crippen molar-refractivity contribution in [2.75, 3.05) is 0 Å². The van der Waals surface area contributed by atoms with Gasteiger partial charge in [-0.05, 0) is 25.5 Å². The Kier molecular flexibility index (Phi) is 4.92. The zero-order valence-electron chi connectivity index (χ0n) is 9.73. The molecule has 0 aliphatic heterocycles. The molecule has 0 aliphatic rings. The topological polar surface area (TPSA) is 62.2 Å². The van der Waals surface area contributed by atoms with E-state index < -0.39 is 5.97 Å². The highest BCUT2D eigenvalue weighted by molar-refractivity contribution is 5.87. The van der Waals surface area contributed by atoms with Gasteiger partial charge >= 0.3 is 5.97 Å². The average molecular weight is 222 g/mol. The molecule has 4 heteroatoms. The second-order valence-electron chi connectivity index (χ2n) is 3.91. The molecule has 2 N–H and O–H groups in total. The number of aromatic carboxylic acids is 1. The average Bonchev–Trinajstić information content (AvgIpc) is 2.27. The number of rotatable bonds is 6. The Labute approximate surface area is 95.7 Å². The van der Waals surface area contributed by atoms with E-state index in [0.717, 1.165) is 18.5 Å². The third-order valence-electron chi connectivity index (χ3n) is 2.42. The van der Waals surface area contributed by atoms with Crippen LogP contribution in [0.15, 0.2) is 18.3 Å². The third-order valence-corrected chi connectivity index (χ3v) is 2.42. The summed E-state index contributed by atoms with van der Waals surface area (Å²) >= 11 is 0. The SMILES string of the molecule is CCCC(C)NCc1cc(C(=O)O)ccn1. The van der Waals surface area contributed by atoms with Gasteiger partial charge in [0.2, 0.25) is 0 Å². The lowest BCUT2D eigenvalue weighted by Gasteiger charge is -2.12. The van der Waals surface area contributed by atoms with Crippen LogP contribution in [-0.4, -0.2) is 22.1 Å². The van der Waals surface area contributed by atoms with Gasteiger partial charge in [-0.3, -0.25) is 4.98 Å². The van der Waals surface area contributed by atoms with Gasteiger partial charge < -0.3 is 10.4 Å². The number of hydrogen-bond acceptors (Lipinski definition) is 3. The standard InChI is InChI=1S/C12H18N2O2/c1-3-4-9(2)14-8-11-7-10(12(15)16)5-6-13-11/h5-7,9,14H,3-4,8H2,1-2H3,(H,15,16). The molecular weight excluding hydrogens is 204 g/mol. The van der Waals surface area contributed by atoms with Gasteiger partial charge in [0.25, 0.3) is 0 Å². The van der Waals surface area contributed by atoms with Gasteiger partial charge in [-0.1, -0.05) is 13.3 Å². The fourth-order valence-corrected chi connectivity index (χ4v) is 1.52. The summed E-state index contributed by atoms with van der Waals surface area (Å²) in [5.74, 6) is -0.912. The minimum absolute atomic E-state index is 0.287. The van der Waals surface area contributed by atoms with Crippen molar-refractivity contribution in [3.63, 3.8) is 0 Å². The van der Waals surface area contributed by atoms with Gasteiger partial charge in [-0.15, -0.1) is 0 Å². The van der Waals surface area contributed by atoms with Crippen molar-refractivity contribution >= 4 is 5.97 Å². The summed E-state index contributed by atoms with van der Waals surface area (Å²) in [6.45, 7) is 4.87. The summed E-state index contributed by atoms with van der Waals surface area (Å²) in [4.78, 5) is 14.9. The van der Waals surface area contributed by atoms with Crippen LogP contribution in [0.5, 0.6) is 0 Å². The van der Waals surface area contributed by atoms with E-state index in [-0.39, 0.29) is 5.56 Å². The lowest BCUT2D eigenvalue weighted by atomic mass is 10.2. The van der Waals surface area contributed by atoms with E-state index in [2.05, 4.69) is 24.1 Å². The number of hydrogen-bond donors (Lipinski definition) is 2. The molecule has 16 heavy (non-hydrogen) atoms. The predicted octanol–water partition coefficient (Wildman–Crippen LogP) is 2.06. The highest BCUT2D eigenvalue weighted by Gasteiger charge is 2.05. The molecule has 0 bridgehead atoms. The predicted molar refractivity (Wildman–Crippen MR) is 62.4 cm³/mol. The molecule has 0 spiro atoms. The maximum Gasteiger partial charge on any atom is 0.335 e. The molecule has 0 fully saturated rings. The summed E-state index contributed by atoms with van der Waals surface area (Å²) < 4.78 is 0. The van der Waals surface area contributed by atoms with Crippen molar-refractivity contribution in [3.8, 4) is 0 Å². The van der Waals surface area contributed by atoms with Crippen LogP contribution in [0.3, 0.4) is 0 Å². The summed E-state index contributed by atoms with van der Waals surface area (Å²) in [6, 6.07) is 3.54. The molecule has 0 aromatic carbocycles. The maximum absolute atomic E-state index is 10.7. The first-order chi connectivity index (χ1) is 7.63. The first kappa shape index (κ1) is 12.6. The zero-order valence-corrected chi connectivity index (χ0v) is 9.73. The number of carboxylic acid groups (broad SMARTS) is 1. The number of aromatic nitrogens is 1. The molecular formula is C12H18N2O2. The Hall–Kier alpha value is -1.42. The van der Waals surface area contributed by atoms with Crippen LogP contribution in [-0.2, 0) is 6.54 Å². The molecule has 1 atom stereocenters. The van der Waals surface area contributed by atoms with Crippen molar-refractivity contribution in [3.05, 3.63) is 29.6 Å². The Morgan fingerprint density at radius 2 is 2.38 bits per heavy atom. The van der Waals surface area contributed by atoms with E-state index in [1.165, 1.54) is 12.3 Å².